The van der Waals surface area contributed by atoms with Crippen molar-refractivity contribution >= 4 is 52.5 Å². The number of likely N-dealkylation sites (N-methyl/N-ethyl adjacent to an activating group) is 1. The summed E-state index contributed by atoms with van der Waals surface area (Å²) in [7, 11) is 1.81. The zero-order valence-electron chi connectivity index (χ0n) is 23.0. The van der Waals surface area contributed by atoms with Crippen LogP contribution in [0.2, 0.25) is 0 Å². The molecule has 2 heterocycles. The molecule has 1 aliphatic rings. The van der Waals surface area contributed by atoms with E-state index in [1.54, 1.807) is 35.8 Å². The number of ether oxygens (including phenoxy) is 1. The fourth-order valence-electron chi connectivity index (χ4n) is 4.76. The molecule has 0 saturated carbocycles. The fraction of sp³-hybridized carbons (Fsp3) is 0.161. The van der Waals surface area contributed by atoms with Crippen molar-refractivity contribution in [1.82, 2.24) is 9.47 Å². The van der Waals surface area contributed by atoms with Gasteiger partial charge in [0.1, 0.15) is 11.4 Å². The van der Waals surface area contributed by atoms with E-state index < -0.39 is 4.92 Å². The maximum absolute atomic E-state index is 13.5. The molecule has 0 aliphatic carbocycles. The molecule has 4 aromatic rings. The van der Waals surface area contributed by atoms with Gasteiger partial charge in [-0.2, -0.15) is 0 Å². The van der Waals surface area contributed by atoms with Crippen molar-refractivity contribution in [2.75, 3.05) is 18.6 Å². The van der Waals surface area contributed by atoms with E-state index in [0.717, 1.165) is 38.2 Å². The maximum Gasteiger partial charge on any atom is 0.281 e. The summed E-state index contributed by atoms with van der Waals surface area (Å²) in [6, 6.07) is 24.1. The number of amides is 1. The Kier molecular flexibility index (Phi) is 7.96. The second kappa shape index (κ2) is 11.6. The van der Waals surface area contributed by atoms with Crippen molar-refractivity contribution in [1.29, 1.82) is 0 Å². The second-order valence-corrected chi connectivity index (χ2v) is 11.0. The molecule has 1 saturated heterocycles. The molecule has 0 radical (unpaired) electrons. The molecule has 1 aromatic heterocycles. The van der Waals surface area contributed by atoms with Crippen LogP contribution in [0.4, 0.5) is 11.4 Å². The molecule has 208 valence electrons. The molecule has 0 N–H and O–H groups in total. The van der Waals surface area contributed by atoms with E-state index in [0.29, 0.717) is 23.1 Å². The highest BCUT2D eigenvalue weighted by Gasteiger charge is 2.37. The molecule has 41 heavy (non-hydrogen) atoms. The summed E-state index contributed by atoms with van der Waals surface area (Å²) < 4.78 is 7.67. The van der Waals surface area contributed by atoms with E-state index in [1.165, 1.54) is 17.0 Å². The topological polar surface area (TPSA) is 80.8 Å². The first kappa shape index (κ1) is 28.1. The monoisotopic (exact) mass is 584 g/mol. The normalized spacial score (nSPS) is 14.3. The van der Waals surface area contributed by atoms with Gasteiger partial charge >= 0.3 is 0 Å². The van der Waals surface area contributed by atoms with Crippen molar-refractivity contribution < 1.29 is 14.5 Å². The number of hydrogen-bond donors (Lipinski definition) is 0. The summed E-state index contributed by atoms with van der Waals surface area (Å²) in [5.74, 6) is 0.558. The molecule has 5 rings (SSSR count). The minimum Gasteiger partial charge on any atom is -0.494 e. The van der Waals surface area contributed by atoms with Crippen LogP contribution < -0.4 is 9.64 Å². The van der Waals surface area contributed by atoms with Gasteiger partial charge in [-0.3, -0.25) is 19.8 Å². The zero-order chi connectivity index (χ0) is 29.3. The summed E-state index contributed by atoms with van der Waals surface area (Å²) >= 11 is 7.18. The molecule has 10 heteroatoms. The number of rotatable bonds is 8. The third-order valence-electron chi connectivity index (χ3n) is 6.81. The number of anilines is 1. The number of benzene rings is 3. The largest absolute Gasteiger partial charge is 0.494 e. The van der Waals surface area contributed by atoms with Gasteiger partial charge in [0, 0.05) is 46.0 Å². The predicted molar refractivity (Wildman–Crippen MR) is 166 cm³/mol. The highest BCUT2D eigenvalue weighted by Crippen LogP contribution is 2.33. The third-order valence-corrected chi connectivity index (χ3v) is 8.28. The van der Waals surface area contributed by atoms with Gasteiger partial charge in [0.2, 0.25) is 0 Å². The first-order valence-corrected chi connectivity index (χ1v) is 14.2. The first-order valence-electron chi connectivity index (χ1n) is 13.0. The molecule has 0 spiro atoms. The third kappa shape index (κ3) is 5.61. The van der Waals surface area contributed by atoms with Crippen LogP contribution in [-0.4, -0.2) is 39.1 Å². The Morgan fingerprint density at radius 2 is 1.54 bits per heavy atom. The van der Waals surface area contributed by atoms with Crippen molar-refractivity contribution in [3.63, 3.8) is 0 Å². The number of aryl methyl sites for hydroxylation is 1. The molecule has 0 atom stereocenters. The Balaban J connectivity index is 1.37. The lowest BCUT2D eigenvalue weighted by molar-refractivity contribution is -0.384. The molecule has 1 amide bonds. The van der Waals surface area contributed by atoms with Gasteiger partial charge in [-0.1, -0.05) is 11.8 Å². The van der Waals surface area contributed by atoms with Crippen molar-refractivity contribution in [3.8, 4) is 11.4 Å². The molecular weight excluding hydrogens is 556 g/mol. The molecule has 8 nitrogen and oxygen atoms in total. The van der Waals surface area contributed by atoms with Crippen LogP contribution in [-0.2, 0) is 4.79 Å². The number of nitro benzene ring substituents is 1. The minimum atomic E-state index is -0.401. The van der Waals surface area contributed by atoms with Crippen LogP contribution >= 0.6 is 24.0 Å². The number of hydrogen-bond acceptors (Lipinski definition) is 6. The van der Waals surface area contributed by atoms with Gasteiger partial charge in [0.15, 0.2) is 5.11 Å². The van der Waals surface area contributed by atoms with Crippen LogP contribution in [0.3, 0.4) is 0 Å². The van der Waals surface area contributed by atoms with E-state index in [4.69, 9.17) is 17.0 Å². The summed E-state index contributed by atoms with van der Waals surface area (Å²) in [6.45, 7) is 6.56. The Morgan fingerprint density at radius 1 is 0.951 bits per heavy atom. The van der Waals surface area contributed by atoms with Crippen LogP contribution in [0.1, 0.15) is 23.9 Å². The van der Waals surface area contributed by atoms with Crippen LogP contribution in [0.25, 0.3) is 11.8 Å². The highest BCUT2D eigenvalue weighted by atomic mass is 32.2. The number of aromatic nitrogens is 1. The van der Waals surface area contributed by atoms with E-state index in [1.807, 2.05) is 75.4 Å². The number of carbonyl (C=O) groups excluding carboxylic acids is 1. The number of nitrogens with zero attached hydrogens (tertiary/aromatic N) is 4. The van der Waals surface area contributed by atoms with Crippen LogP contribution in [0.5, 0.6) is 5.75 Å². The van der Waals surface area contributed by atoms with E-state index in [9.17, 15) is 14.9 Å². The van der Waals surface area contributed by atoms with Gasteiger partial charge in [-0.05, 0) is 111 Å². The Labute approximate surface area is 248 Å². The summed E-state index contributed by atoms with van der Waals surface area (Å²) in [5, 5.41) is 11.3. The lowest BCUT2D eigenvalue weighted by Gasteiger charge is -2.16. The SMILES string of the molecule is CCOc1ccc(N2C(=O)/C(=C/c3cc(C)n(-c4ccc(Sc5ccc([N+](=O)[O-])cc5)cc4)c3C)N(C)C2=S)cc1. The zero-order valence-corrected chi connectivity index (χ0v) is 24.7. The molecule has 0 bridgehead atoms. The summed E-state index contributed by atoms with van der Waals surface area (Å²) in [6.07, 6.45) is 1.89. The van der Waals surface area contributed by atoms with Gasteiger partial charge < -0.3 is 14.2 Å². The maximum atomic E-state index is 13.5. The van der Waals surface area contributed by atoms with Gasteiger partial charge in [-0.25, -0.2) is 0 Å². The number of carbonyl (C=O) groups is 1. The van der Waals surface area contributed by atoms with Crippen molar-refractivity contribution in [2.45, 2.75) is 30.6 Å². The lowest BCUT2D eigenvalue weighted by atomic mass is 10.2. The smallest absolute Gasteiger partial charge is 0.281 e. The molecule has 3 aromatic carbocycles. The van der Waals surface area contributed by atoms with Gasteiger partial charge in [-0.15, -0.1) is 0 Å². The number of thiocarbonyl (C=S) groups is 1. The second-order valence-electron chi connectivity index (χ2n) is 9.45. The van der Waals surface area contributed by atoms with Crippen LogP contribution in [0, 0.1) is 24.0 Å². The van der Waals surface area contributed by atoms with E-state index in [-0.39, 0.29) is 11.6 Å². The minimum absolute atomic E-state index is 0.0743. The lowest BCUT2D eigenvalue weighted by Crippen LogP contribution is -2.31. The molecule has 1 aliphatic heterocycles. The van der Waals surface area contributed by atoms with Gasteiger partial charge in [0.05, 0.1) is 17.2 Å². The number of nitro groups is 1. The predicted octanol–water partition coefficient (Wildman–Crippen LogP) is 7.16. The quantitative estimate of drug-likeness (QED) is 0.0941. The average Bonchev–Trinajstić information content (AvgIpc) is 3.36. The number of non-ortho nitro benzene ring substituents is 1. The van der Waals surface area contributed by atoms with Gasteiger partial charge in [0.25, 0.3) is 11.6 Å². The van der Waals surface area contributed by atoms with Crippen LogP contribution in [0.15, 0.2) is 94.4 Å². The Bertz CT molecular complexity index is 1660. The Morgan fingerprint density at radius 3 is 2.12 bits per heavy atom. The van der Waals surface area contributed by atoms with Crippen molar-refractivity contribution in [2.24, 2.45) is 0 Å². The average molecular weight is 585 g/mol. The Hall–Kier alpha value is -4.41. The molecule has 0 unspecified atom stereocenters. The molecule has 1 fully saturated rings. The standard InChI is InChI=1S/C31H28N4O4S2/c1-5-39-26-12-6-24(7-13-26)34-30(36)29(32(4)31(34)40)19-22-18-20(2)33(21(22)3)23-8-14-27(15-9-23)41-28-16-10-25(11-17-28)35(37)38/h6-19H,5H2,1-4H3/b29-19-. The highest BCUT2D eigenvalue weighted by molar-refractivity contribution is 7.99. The van der Waals surface area contributed by atoms with Crippen molar-refractivity contribution in [3.05, 3.63) is 112 Å². The molecular formula is C31H28N4O4S2. The van der Waals surface area contributed by atoms with E-state index in [2.05, 4.69) is 10.6 Å². The fourth-order valence-corrected chi connectivity index (χ4v) is 5.86. The first-order chi connectivity index (χ1) is 19.7. The summed E-state index contributed by atoms with van der Waals surface area (Å²) in [5.41, 5.74) is 5.22. The van der Waals surface area contributed by atoms with E-state index >= 15 is 0 Å². The summed E-state index contributed by atoms with van der Waals surface area (Å²) in [4.78, 5) is 29.2.